The number of carbonyl (C=O) groups is 1. The molecule has 0 aromatic heterocycles. The summed E-state index contributed by atoms with van der Waals surface area (Å²) in [6, 6.07) is 1.59. The summed E-state index contributed by atoms with van der Waals surface area (Å²) in [5, 5.41) is 0. The van der Waals surface area contributed by atoms with Gasteiger partial charge in [-0.05, 0) is 31.2 Å². The first kappa shape index (κ1) is 13.8. The van der Waals surface area contributed by atoms with E-state index in [0.717, 1.165) is 31.7 Å². The second kappa shape index (κ2) is 5.55. The molecule has 2 atom stereocenters. The standard InChI is InChI=1S/C14H17F2NO2/c1-8-3-2-4-9(5-8)19-14(18)10-6-13(17)12(16)7-11(10)15/h6-9H,2-5,17H2,1H3. The first-order valence-corrected chi connectivity index (χ1v) is 6.43. The number of carbonyl (C=O) groups excluding carboxylic acids is 1. The number of esters is 1. The molecule has 0 aliphatic heterocycles. The Morgan fingerprint density at radius 3 is 2.74 bits per heavy atom. The maximum atomic E-state index is 13.5. The number of hydrogen-bond donors (Lipinski definition) is 1. The minimum absolute atomic E-state index is 0.193. The van der Waals surface area contributed by atoms with Gasteiger partial charge in [-0.3, -0.25) is 0 Å². The molecule has 1 saturated carbocycles. The van der Waals surface area contributed by atoms with Crippen LogP contribution in [0.1, 0.15) is 43.0 Å². The summed E-state index contributed by atoms with van der Waals surface area (Å²) in [6.45, 7) is 2.09. The number of anilines is 1. The van der Waals surface area contributed by atoms with Crippen LogP contribution in [0, 0.1) is 17.6 Å². The topological polar surface area (TPSA) is 52.3 Å². The van der Waals surface area contributed by atoms with Gasteiger partial charge >= 0.3 is 5.97 Å². The lowest BCUT2D eigenvalue weighted by Crippen LogP contribution is -2.25. The van der Waals surface area contributed by atoms with Crippen molar-refractivity contribution in [2.24, 2.45) is 5.92 Å². The van der Waals surface area contributed by atoms with Crippen LogP contribution in [0.4, 0.5) is 14.5 Å². The molecule has 0 heterocycles. The Bertz CT molecular complexity index is 491. The Hall–Kier alpha value is -1.65. The summed E-state index contributed by atoms with van der Waals surface area (Å²) in [5.41, 5.74) is 4.77. The molecule has 0 saturated heterocycles. The van der Waals surface area contributed by atoms with Gasteiger partial charge in [0.1, 0.15) is 17.7 Å². The van der Waals surface area contributed by atoms with Gasteiger partial charge in [-0.1, -0.05) is 13.3 Å². The minimum atomic E-state index is -0.944. The van der Waals surface area contributed by atoms with E-state index >= 15 is 0 Å². The number of hydrogen-bond acceptors (Lipinski definition) is 3. The monoisotopic (exact) mass is 269 g/mol. The predicted molar refractivity (Wildman–Crippen MR) is 67.6 cm³/mol. The molecule has 2 N–H and O–H groups in total. The van der Waals surface area contributed by atoms with Gasteiger partial charge in [0.2, 0.25) is 0 Å². The number of nitrogens with two attached hydrogens (primary N) is 1. The van der Waals surface area contributed by atoms with Crippen molar-refractivity contribution in [2.75, 3.05) is 5.73 Å². The van der Waals surface area contributed by atoms with Crippen molar-refractivity contribution >= 4 is 11.7 Å². The third kappa shape index (κ3) is 3.22. The highest BCUT2D eigenvalue weighted by atomic mass is 19.1. The maximum Gasteiger partial charge on any atom is 0.341 e. The second-order valence-corrected chi connectivity index (χ2v) is 5.15. The Morgan fingerprint density at radius 1 is 1.32 bits per heavy atom. The molecule has 0 amide bonds. The van der Waals surface area contributed by atoms with Crippen molar-refractivity contribution in [2.45, 2.75) is 38.7 Å². The van der Waals surface area contributed by atoms with E-state index in [0.29, 0.717) is 12.0 Å². The Balaban J connectivity index is 2.09. The molecule has 19 heavy (non-hydrogen) atoms. The maximum absolute atomic E-state index is 13.5. The quantitative estimate of drug-likeness (QED) is 0.662. The van der Waals surface area contributed by atoms with E-state index < -0.39 is 17.6 Å². The van der Waals surface area contributed by atoms with Crippen molar-refractivity contribution in [1.82, 2.24) is 0 Å². The van der Waals surface area contributed by atoms with Crippen LogP contribution in [0.3, 0.4) is 0 Å². The molecule has 5 heteroatoms. The van der Waals surface area contributed by atoms with Crippen molar-refractivity contribution in [3.63, 3.8) is 0 Å². The molecule has 0 bridgehead atoms. The molecule has 1 fully saturated rings. The Morgan fingerprint density at radius 2 is 2.05 bits per heavy atom. The van der Waals surface area contributed by atoms with E-state index in [1.54, 1.807) is 0 Å². The molecule has 0 radical (unpaired) electrons. The van der Waals surface area contributed by atoms with Crippen LogP contribution >= 0.6 is 0 Å². The fourth-order valence-corrected chi connectivity index (χ4v) is 2.42. The highest BCUT2D eigenvalue weighted by molar-refractivity contribution is 5.90. The molecular formula is C14H17F2NO2. The number of benzene rings is 1. The van der Waals surface area contributed by atoms with Crippen LogP contribution in [0.2, 0.25) is 0 Å². The van der Waals surface area contributed by atoms with Crippen LogP contribution in [0.5, 0.6) is 0 Å². The van der Waals surface area contributed by atoms with Gasteiger partial charge in [-0.2, -0.15) is 0 Å². The average Bonchev–Trinajstić information content (AvgIpc) is 2.33. The molecule has 1 aromatic carbocycles. The predicted octanol–water partition coefficient (Wildman–Crippen LogP) is 3.28. The zero-order chi connectivity index (χ0) is 14.0. The molecular weight excluding hydrogens is 252 g/mol. The summed E-state index contributed by atoms with van der Waals surface area (Å²) in [5.74, 6) is -2.10. The first-order valence-electron chi connectivity index (χ1n) is 6.43. The molecule has 2 rings (SSSR count). The molecule has 1 aromatic rings. The number of nitrogen functional groups attached to an aromatic ring is 1. The zero-order valence-electron chi connectivity index (χ0n) is 10.8. The smallest absolute Gasteiger partial charge is 0.341 e. The summed E-state index contributed by atoms with van der Waals surface area (Å²) >= 11 is 0. The SMILES string of the molecule is CC1CCCC(OC(=O)c2cc(N)c(F)cc2F)C1. The van der Waals surface area contributed by atoms with Crippen molar-refractivity contribution < 1.29 is 18.3 Å². The lowest BCUT2D eigenvalue weighted by molar-refractivity contribution is 0.0150. The first-order chi connectivity index (χ1) is 8.97. The van der Waals surface area contributed by atoms with Crippen molar-refractivity contribution in [1.29, 1.82) is 0 Å². The normalized spacial score (nSPS) is 23.1. The van der Waals surface area contributed by atoms with Gasteiger partial charge in [-0.15, -0.1) is 0 Å². The fourth-order valence-electron chi connectivity index (χ4n) is 2.42. The van der Waals surface area contributed by atoms with E-state index in [-0.39, 0.29) is 17.4 Å². The van der Waals surface area contributed by atoms with Gasteiger partial charge in [0, 0.05) is 6.07 Å². The average molecular weight is 269 g/mol. The van der Waals surface area contributed by atoms with Crippen LogP contribution in [-0.4, -0.2) is 12.1 Å². The number of rotatable bonds is 2. The molecule has 104 valence electrons. The lowest BCUT2D eigenvalue weighted by Gasteiger charge is -2.26. The van der Waals surface area contributed by atoms with Crippen LogP contribution in [-0.2, 0) is 4.74 Å². The largest absolute Gasteiger partial charge is 0.459 e. The summed E-state index contributed by atoms with van der Waals surface area (Å²) in [6.07, 6.45) is 3.49. The molecule has 2 unspecified atom stereocenters. The van der Waals surface area contributed by atoms with Crippen molar-refractivity contribution in [3.05, 3.63) is 29.3 Å². The highest BCUT2D eigenvalue weighted by Crippen LogP contribution is 2.27. The highest BCUT2D eigenvalue weighted by Gasteiger charge is 2.24. The lowest BCUT2D eigenvalue weighted by atomic mass is 9.89. The molecule has 3 nitrogen and oxygen atoms in total. The summed E-state index contributed by atoms with van der Waals surface area (Å²) in [4.78, 5) is 11.9. The van der Waals surface area contributed by atoms with Crippen LogP contribution < -0.4 is 5.73 Å². The van der Waals surface area contributed by atoms with Crippen LogP contribution in [0.15, 0.2) is 12.1 Å². The number of ether oxygens (including phenoxy) is 1. The molecule has 1 aliphatic rings. The van der Waals surface area contributed by atoms with E-state index in [2.05, 4.69) is 6.92 Å². The van der Waals surface area contributed by atoms with E-state index in [1.165, 1.54) is 0 Å². The molecule has 1 aliphatic carbocycles. The second-order valence-electron chi connectivity index (χ2n) is 5.15. The third-order valence-corrected chi connectivity index (χ3v) is 3.47. The summed E-state index contributed by atoms with van der Waals surface area (Å²) in [7, 11) is 0. The van der Waals surface area contributed by atoms with E-state index in [9.17, 15) is 13.6 Å². The Kier molecular flexibility index (Phi) is 4.02. The number of halogens is 2. The zero-order valence-corrected chi connectivity index (χ0v) is 10.8. The van der Waals surface area contributed by atoms with Crippen LogP contribution in [0.25, 0.3) is 0 Å². The van der Waals surface area contributed by atoms with Crippen molar-refractivity contribution in [3.8, 4) is 0 Å². The fraction of sp³-hybridized carbons (Fsp3) is 0.500. The van der Waals surface area contributed by atoms with E-state index in [4.69, 9.17) is 10.5 Å². The van der Waals surface area contributed by atoms with Gasteiger partial charge in [0.15, 0.2) is 0 Å². The minimum Gasteiger partial charge on any atom is -0.459 e. The summed E-state index contributed by atoms with van der Waals surface area (Å²) < 4.78 is 31.8. The van der Waals surface area contributed by atoms with E-state index in [1.807, 2.05) is 0 Å². The molecule has 0 spiro atoms. The van der Waals surface area contributed by atoms with Gasteiger partial charge in [-0.25, -0.2) is 13.6 Å². The van der Waals surface area contributed by atoms with Gasteiger partial charge in [0.25, 0.3) is 0 Å². The van der Waals surface area contributed by atoms with Gasteiger partial charge < -0.3 is 10.5 Å². The Labute approximate surface area is 110 Å². The third-order valence-electron chi connectivity index (χ3n) is 3.47. The van der Waals surface area contributed by atoms with Gasteiger partial charge in [0.05, 0.1) is 11.3 Å².